The predicted octanol–water partition coefficient (Wildman–Crippen LogP) is 5.05. The first-order valence-corrected chi connectivity index (χ1v) is 18.7. The van der Waals surface area contributed by atoms with Crippen LogP contribution in [-0.2, 0) is 55.8 Å². The predicted molar refractivity (Wildman–Crippen MR) is 150 cm³/mol. The van der Waals surface area contributed by atoms with Gasteiger partial charge in [-0.1, -0.05) is 13.8 Å². The molecule has 238 valence electrons. The largest absolute Gasteiger partial charge is 0.459 e. The zero-order chi connectivity index (χ0) is 30.4. The topological polar surface area (TPSA) is 142 Å². The van der Waals surface area contributed by atoms with Crippen molar-refractivity contribution in [1.82, 2.24) is 0 Å². The van der Waals surface area contributed by atoms with Crippen molar-refractivity contribution in [3.8, 4) is 0 Å². The van der Waals surface area contributed by atoms with Gasteiger partial charge in [-0.2, -0.15) is 0 Å². The number of hydrogen-bond donors (Lipinski definition) is 0. The Bertz CT molecular complexity index is 976. The number of rotatable bonds is 16. The number of esters is 1. The molecule has 3 aliphatic rings. The third kappa shape index (κ3) is 11.1. The van der Waals surface area contributed by atoms with Crippen LogP contribution in [0.15, 0.2) is 0 Å². The van der Waals surface area contributed by atoms with Crippen LogP contribution in [0.3, 0.4) is 0 Å². The molecule has 0 aromatic carbocycles. The van der Waals surface area contributed by atoms with E-state index >= 15 is 0 Å². The van der Waals surface area contributed by atoms with E-state index in [9.17, 15) is 18.7 Å². The fourth-order valence-corrected chi connectivity index (χ4v) is 7.76. The van der Waals surface area contributed by atoms with Gasteiger partial charge in [0, 0.05) is 45.4 Å². The van der Waals surface area contributed by atoms with Crippen molar-refractivity contribution in [3.05, 3.63) is 0 Å². The second-order valence-corrected chi connectivity index (χ2v) is 15.4. The maximum Gasteiger partial charge on any atom is 0.328 e. The minimum Gasteiger partial charge on any atom is -0.459 e. The molecule has 0 saturated carbocycles. The molecule has 0 amide bonds. The Morgan fingerprint density at radius 2 is 1.15 bits per heavy atom. The molecule has 14 heteroatoms. The van der Waals surface area contributed by atoms with Crippen LogP contribution in [0, 0.1) is 0 Å². The molecule has 0 spiro atoms. The first-order chi connectivity index (χ1) is 19.2. The number of carbonyl (C=O) groups is 2. The summed E-state index contributed by atoms with van der Waals surface area (Å²) in [4.78, 5) is 23.8. The van der Waals surface area contributed by atoms with Crippen LogP contribution >= 0.6 is 15.2 Å². The van der Waals surface area contributed by atoms with Gasteiger partial charge < -0.3 is 37.0 Å². The van der Waals surface area contributed by atoms with Crippen LogP contribution in [-0.4, -0.2) is 93.2 Å². The second-order valence-electron chi connectivity index (χ2n) is 11.4. The standard InChI is InChI=1S/C27H48O12P2/c1-8-20(28)10-11-27(29)37-22-12-17(3)35-25(22)15-32-41(7,31)39-24-14-19(5)36-26(24)16-33-40(6,30)38-23-13-18(4)34-21(23)9-2/h17-19,21-26H,8-16H2,1-7H3/t17-,18-,19-,21+,22?,23?,24?,25+,26+,40?,41?/m0/s1. The number of hydrogen-bond acceptors (Lipinski definition) is 12. The lowest BCUT2D eigenvalue weighted by molar-refractivity contribution is -0.153. The summed E-state index contributed by atoms with van der Waals surface area (Å²) in [7, 11) is -7.02. The Morgan fingerprint density at radius 1 is 0.707 bits per heavy atom. The number of ketones is 1. The summed E-state index contributed by atoms with van der Waals surface area (Å²) in [6.45, 7) is 12.0. The molecule has 3 fully saturated rings. The van der Waals surface area contributed by atoms with Crippen molar-refractivity contribution in [3.63, 3.8) is 0 Å². The number of carbonyl (C=O) groups excluding carboxylic acids is 2. The third-order valence-electron chi connectivity index (χ3n) is 7.45. The van der Waals surface area contributed by atoms with E-state index in [4.69, 9.17) is 37.0 Å². The molecule has 12 nitrogen and oxygen atoms in total. The van der Waals surface area contributed by atoms with Crippen LogP contribution < -0.4 is 0 Å². The Kier molecular flexibility index (Phi) is 13.0. The van der Waals surface area contributed by atoms with Crippen LogP contribution in [0.2, 0.25) is 0 Å². The van der Waals surface area contributed by atoms with Gasteiger partial charge in [0.25, 0.3) is 0 Å². The minimum atomic E-state index is -3.59. The lowest BCUT2D eigenvalue weighted by atomic mass is 10.1. The van der Waals surface area contributed by atoms with Crippen molar-refractivity contribution in [2.24, 2.45) is 0 Å². The summed E-state index contributed by atoms with van der Waals surface area (Å²) >= 11 is 0. The van der Waals surface area contributed by atoms with Crippen LogP contribution in [0.25, 0.3) is 0 Å². The average molecular weight is 627 g/mol. The molecule has 0 N–H and O–H groups in total. The van der Waals surface area contributed by atoms with E-state index in [0.717, 1.165) is 6.42 Å². The monoisotopic (exact) mass is 626 g/mol. The number of ether oxygens (including phenoxy) is 4. The summed E-state index contributed by atoms with van der Waals surface area (Å²) in [5.41, 5.74) is 0. The molecule has 0 aliphatic carbocycles. The lowest BCUT2D eigenvalue weighted by Gasteiger charge is -2.26. The molecule has 0 aromatic heterocycles. The summed E-state index contributed by atoms with van der Waals surface area (Å²) in [5.74, 6) is -0.485. The zero-order valence-electron chi connectivity index (χ0n) is 25.4. The molecule has 5 unspecified atom stereocenters. The molecule has 0 bridgehead atoms. The van der Waals surface area contributed by atoms with Gasteiger partial charge in [-0.3, -0.25) is 18.7 Å². The average Bonchev–Trinajstić information content (AvgIpc) is 3.54. The van der Waals surface area contributed by atoms with Crippen molar-refractivity contribution in [2.75, 3.05) is 26.5 Å². The van der Waals surface area contributed by atoms with E-state index < -0.39 is 45.6 Å². The zero-order valence-corrected chi connectivity index (χ0v) is 27.1. The molecule has 3 aliphatic heterocycles. The quantitative estimate of drug-likeness (QED) is 0.167. The van der Waals surface area contributed by atoms with Gasteiger partial charge in [-0.05, 0) is 27.2 Å². The summed E-state index contributed by atoms with van der Waals surface area (Å²) in [5, 5.41) is 0. The van der Waals surface area contributed by atoms with Crippen molar-refractivity contribution < 1.29 is 55.8 Å². The highest BCUT2D eigenvalue weighted by atomic mass is 31.2. The van der Waals surface area contributed by atoms with Gasteiger partial charge in [0.15, 0.2) is 0 Å². The van der Waals surface area contributed by atoms with E-state index in [0.29, 0.717) is 25.7 Å². The van der Waals surface area contributed by atoms with E-state index in [2.05, 4.69) is 0 Å². The maximum absolute atomic E-state index is 13.3. The SMILES string of the molecule is CCC(=O)CCC(=O)OC1C[C@H](C)O[C@@H]1COP(C)(=O)OC1C[C@H](C)O[C@@H]1COP(C)(=O)OC1C[C@H](C)O[C@@H]1CC. The van der Waals surface area contributed by atoms with E-state index in [1.165, 1.54) is 13.3 Å². The summed E-state index contributed by atoms with van der Waals surface area (Å²) in [6, 6.07) is 0. The van der Waals surface area contributed by atoms with Crippen LogP contribution in [0.1, 0.15) is 79.6 Å². The van der Waals surface area contributed by atoms with E-state index in [1.54, 1.807) is 6.92 Å². The highest BCUT2D eigenvalue weighted by Crippen LogP contribution is 2.51. The molecule has 0 aromatic rings. The third-order valence-corrected chi connectivity index (χ3v) is 9.99. The van der Waals surface area contributed by atoms with E-state index in [1.807, 2.05) is 27.7 Å². The van der Waals surface area contributed by atoms with Crippen molar-refractivity contribution in [2.45, 2.75) is 135 Å². The molecule has 41 heavy (non-hydrogen) atoms. The molecule has 3 heterocycles. The van der Waals surface area contributed by atoms with Gasteiger partial charge in [-0.25, -0.2) is 0 Å². The highest BCUT2D eigenvalue weighted by Gasteiger charge is 2.42. The first-order valence-electron chi connectivity index (χ1n) is 14.7. The maximum atomic E-state index is 13.3. The molecule has 3 rings (SSSR count). The Labute approximate surface area is 243 Å². The van der Waals surface area contributed by atoms with Gasteiger partial charge in [0.1, 0.15) is 24.1 Å². The second kappa shape index (κ2) is 15.4. The lowest BCUT2D eigenvalue weighted by Crippen LogP contribution is -2.32. The van der Waals surface area contributed by atoms with Gasteiger partial charge in [-0.15, -0.1) is 0 Å². The molecular weight excluding hydrogens is 578 g/mol. The molecule has 11 atom stereocenters. The van der Waals surface area contributed by atoms with E-state index in [-0.39, 0.29) is 62.4 Å². The Hall–Kier alpha value is -0.680. The Balaban J connectivity index is 1.49. The molecule has 3 saturated heterocycles. The van der Waals surface area contributed by atoms with Gasteiger partial charge in [0.2, 0.25) is 0 Å². The van der Waals surface area contributed by atoms with Crippen LogP contribution in [0.4, 0.5) is 0 Å². The van der Waals surface area contributed by atoms with Gasteiger partial charge in [0.05, 0.1) is 56.3 Å². The summed E-state index contributed by atoms with van der Waals surface area (Å²) < 4.78 is 72.6. The van der Waals surface area contributed by atoms with Crippen LogP contribution in [0.5, 0.6) is 0 Å². The number of Topliss-reactive ketones (excluding diaryl/α,β-unsaturated/α-hetero) is 1. The fourth-order valence-electron chi connectivity index (χ4n) is 5.38. The Morgan fingerprint density at radius 3 is 1.63 bits per heavy atom. The normalized spacial score (nSPS) is 36.6. The highest BCUT2D eigenvalue weighted by molar-refractivity contribution is 7.53. The molecule has 0 radical (unpaired) electrons. The smallest absolute Gasteiger partial charge is 0.328 e. The summed E-state index contributed by atoms with van der Waals surface area (Å²) in [6.07, 6.45) is -0.426. The van der Waals surface area contributed by atoms with Crippen molar-refractivity contribution in [1.29, 1.82) is 0 Å². The van der Waals surface area contributed by atoms with Gasteiger partial charge >= 0.3 is 21.2 Å². The minimum absolute atomic E-state index is 0.00619. The first kappa shape index (κ1) is 34.8. The fraction of sp³-hybridized carbons (Fsp3) is 0.926. The molecular formula is C27H48O12P2. The van der Waals surface area contributed by atoms with Crippen molar-refractivity contribution >= 4 is 26.9 Å².